The number of hydrogen-bond donors (Lipinski definition) is 0. The van der Waals surface area contributed by atoms with Crippen LogP contribution in [0.15, 0.2) is 36.5 Å². The van der Waals surface area contributed by atoms with Crippen LogP contribution >= 0.6 is 11.8 Å². The standard InChI is InChI=1S/C23H21FN2O7S/c1-12(27)30-19-11-34-23(21(32-14(3)29)20(19)31-13(2)28)33-18-8-17(10-26-22(18)24)16-6-4-15(9-25)5-7-16/h4-8,10,19-21,23H,11H2,1-3H3/t19-,20+,21-,23?/m1/s1. The summed E-state index contributed by atoms with van der Waals surface area (Å²) in [5.41, 5.74) is 0.682. The quantitative estimate of drug-likeness (QED) is 0.340. The minimum atomic E-state index is -1.19. The van der Waals surface area contributed by atoms with Crippen molar-refractivity contribution in [1.82, 2.24) is 4.98 Å². The Morgan fingerprint density at radius 2 is 1.62 bits per heavy atom. The molecule has 0 aliphatic carbocycles. The van der Waals surface area contributed by atoms with Gasteiger partial charge in [-0.1, -0.05) is 12.1 Å². The fourth-order valence-corrected chi connectivity index (χ4v) is 4.55. The Hall–Kier alpha value is -3.65. The normalized spacial score (nSPS) is 21.6. The summed E-state index contributed by atoms with van der Waals surface area (Å²) in [5, 5.41) is 8.96. The first-order chi connectivity index (χ1) is 16.2. The van der Waals surface area contributed by atoms with E-state index in [9.17, 15) is 18.8 Å². The van der Waals surface area contributed by atoms with E-state index >= 15 is 0 Å². The van der Waals surface area contributed by atoms with Gasteiger partial charge in [-0.3, -0.25) is 14.4 Å². The second-order valence-electron chi connectivity index (χ2n) is 7.32. The van der Waals surface area contributed by atoms with Gasteiger partial charge < -0.3 is 18.9 Å². The Balaban J connectivity index is 1.91. The third-order valence-corrected chi connectivity index (χ3v) is 5.92. The summed E-state index contributed by atoms with van der Waals surface area (Å²) in [5.74, 6) is -2.95. The number of thioether (sulfide) groups is 1. The highest BCUT2D eigenvalue weighted by atomic mass is 32.2. The zero-order valence-corrected chi connectivity index (χ0v) is 19.3. The van der Waals surface area contributed by atoms with E-state index in [2.05, 4.69) is 4.98 Å². The highest BCUT2D eigenvalue weighted by Gasteiger charge is 2.48. The van der Waals surface area contributed by atoms with Gasteiger partial charge in [0.2, 0.25) is 0 Å². The third kappa shape index (κ3) is 6.23. The smallest absolute Gasteiger partial charge is 0.303 e. The van der Waals surface area contributed by atoms with Gasteiger partial charge in [0.05, 0.1) is 11.6 Å². The van der Waals surface area contributed by atoms with Gasteiger partial charge in [0.25, 0.3) is 5.95 Å². The first-order valence-corrected chi connectivity index (χ1v) is 11.2. The first-order valence-electron chi connectivity index (χ1n) is 10.1. The van der Waals surface area contributed by atoms with Crippen molar-refractivity contribution in [2.75, 3.05) is 5.75 Å². The Labute approximate surface area is 199 Å². The average molecular weight is 488 g/mol. The molecule has 0 N–H and O–H groups in total. The van der Waals surface area contributed by atoms with Crippen LogP contribution in [0.1, 0.15) is 26.3 Å². The van der Waals surface area contributed by atoms with Gasteiger partial charge in [-0.2, -0.15) is 9.65 Å². The van der Waals surface area contributed by atoms with Gasteiger partial charge in [-0.15, -0.1) is 11.8 Å². The van der Waals surface area contributed by atoms with Crippen molar-refractivity contribution in [3.05, 3.63) is 48.0 Å². The van der Waals surface area contributed by atoms with Gasteiger partial charge in [0.15, 0.2) is 29.5 Å². The SMILES string of the molecule is CC(=O)O[C@H]1[C@H](OC(C)=O)CSC(Oc2cc(-c3ccc(C#N)cc3)cnc2F)[C@@H]1OC(C)=O. The molecule has 1 aromatic carbocycles. The number of rotatable bonds is 6. The van der Waals surface area contributed by atoms with Gasteiger partial charge in [0, 0.05) is 38.3 Å². The van der Waals surface area contributed by atoms with E-state index in [1.807, 2.05) is 6.07 Å². The summed E-state index contributed by atoms with van der Waals surface area (Å²) >= 11 is 1.11. The third-order valence-electron chi connectivity index (χ3n) is 4.70. The molecule has 9 nitrogen and oxygen atoms in total. The number of ether oxygens (including phenoxy) is 4. The van der Waals surface area contributed by atoms with E-state index in [4.69, 9.17) is 24.2 Å². The number of halogens is 1. The number of nitriles is 1. The number of nitrogens with zero attached hydrogens (tertiary/aromatic N) is 2. The van der Waals surface area contributed by atoms with Crippen molar-refractivity contribution in [3.8, 4) is 22.9 Å². The molecule has 1 unspecified atom stereocenters. The minimum Gasteiger partial charge on any atom is -0.471 e. The van der Waals surface area contributed by atoms with E-state index in [1.165, 1.54) is 19.2 Å². The van der Waals surface area contributed by atoms with E-state index < -0.39 is 47.6 Å². The fraction of sp³-hybridized carbons (Fsp3) is 0.348. The fourth-order valence-electron chi connectivity index (χ4n) is 3.34. The number of carbonyl (C=O) groups is 3. The van der Waals surface area contributed by atoms with Gasteiger partial charge in [-0.05, 0) is 23.8 Å². The summed E-state index contributed by atoms with van der Waals surface area (Å²) in [6.45, 7) is 3.53. The van der Waals surface area contributed by atoms with Crippen molar-refractivity contribution in [2.45, 2.75) is 44.5 Å². The molecule has 2 heterocycles. The van der Waals surface area contributed by atoms with E-state index in [1.54, 1.807) is 24.3 Å². The van der Waals surface area contributed by atoms with Crippen molar-refractivity contribution in [1.29, 1.82) is 5.26 Å². The molecule has 1 aromatic heterocycles. The largest absolute Gasteiger partial charge is 0.471 e. The summed E-state index contributed by atoms with van der Waals surface area (Å²) in [4.78, 5) is 38.7. The number of pyridine rings is 1. The molecule has 0 amide bonds. The van der Waals surface area contributed by atoms with Crippen LogP contribution in [0, 0.1) is 17.3 Å². The van der Waals surface area contributed by atoms with Crippen molar-refractivity contribution in [2.24, 2.45) is 0 Å². The molecule has 0 bridgehead atoms. The lowest BCUT2D eigenvalue weighted by Gasteiger charge is -2.39. The molecule has 1 aliphatic heterocycles. The van der Waals surface area contributed by atoms with Crippen molar-refractivity contribution >= 4 is 29.7 Å². The molecule has 11 heteroatoms. The van der Waals surface area contributed by atoms with Crippen LogP contribution in [0.25, 0.3) is 11.1 Å². The maximum Gasteiger partial charge on any atom is 0.303 e. The maximum absolute atomic E-state index is 14.6. The summed E-state index contributed by atoms with van der Waals surface area (Å²) in [6, 6.07) is 10.1. The van der Waals surface area contributed by atoms with Gasteiger partial charge >= 0.3 is 17.9 Å². The summed E-state index contributed by atoms with van der Waals surface area (Å²) < 4.78 is 36.3. The predicted molar refractivity (Wildman–Crippen MR) is 118 cm³/mol. The molecule has 0 saturated carbocycles. The highest BCUT2D eigenvalue weighted by molar-refractivity contribution is 7.99. The maximum atomic E-state index is 14.6. The van der Waals surface area contributed by atoms with Crippen LogP contribution in [0.3, 0.4) is 0 Å². The first kappa shape index (κ1) is 25.0. The lowest BCUT2D eigenvalue weighted by atomic mass is 10.1. The number of benzene rings is 1. The molecule has 0 radical (unpaired) electrons. The van der Waals surface area contributed by atoms with Crippen molar-refractivity contribution in [3.63, 3.8) is 0 Å². The second kappa shape index (κ2) is 11.0. The molecule has 2 aromatic rings. The lowest BCUT2D eigenvalue weighted by molar-refractivity contribution is -0.186. The number of hydrogen-bond acceptors (Lipinski definition) is 10. The molecule has 178 valence electrons. The van der Waals surface area contributed by atoms with Crippen LogP contribution in [0.4, 0.5) is 4.39 Å². The number of esters is 3. The Morgan fingerprint density at radius 3 is 2.21 bits per heavy atom. The van der Waals surface area contributed by atoms with Crippen LogP contribution in [0.5, 0.6) is 5.75 Å². The average Bonchev–Trinajstić information content (AvgIpc) is 2.78. The summed E-state index contributed by atoms with van der Waals surface area (Å²) in [6.07, 6.45) is -1.93. The zero-order chi connectivity index (χ0) is 24.8. The molecule has 34 heavy (non-hydrogen) atoms. The Bertz CT molecular complexity index is 1120. The van der Waals surface area contributed by atoms with Crippen LogP contribution in [0.2, 0.25) is 0 Å². The Morgan fingerprint density at radius 1 is 1.00 bits per heavy atom. The lowest BCUT2D eigenvalue weighted by Crippen LogP contribution is -2.55. The van der Waals surface area contributed by atoms with Crippen LogP contribution < -0.4 is 4.74 Å². The number of aromatic nitrogens is 1. The molecule has 3 rings (SSSR count). The minimum absolute atomic E-state index is 0.143. The molecule has 4 atom stereocenters. The topological polar surface area (TPSA) is 125 Å². The monoisotopic (exact) mass is 488 g/mol. The van der Waals surface area contributed by atoms with E-state index in [0.29, 0.717) is 16.7 Å². The Kier molecular flexibility index (Phi) is 8.07. The number of carbonyl (C=O) groups excluding carboxylic acids is 3. The van der Waals surface area contributed by atoms with Crippen LogP contribution in [-0.4, -0.2) is 52.4 Å². The molecular weight excluding hydrogens is 467 g/mol. The van der Waals surface area contributed by atoms with E-state index in [0.717, 1.165) is 25.6 Å². The molecule has 1 fully saturated rings. The molecule has 1 aliphatic rings. The summed E-state index contributed by atoms with van der Waals surface area (Å²) in [7, 11) is 0. The zero-order valence-electron chi connectivity index (χ0n) is 18.5. The van der Waals surface area contributed by atoms with Crippen molar-refractivity contribution < 1.29 is 37.7 Å². The van der Waals surface area contributed by atoms with Gasteiger partial charge in [-0.25, -0.2) is 4.98 Å². The molecule has 1 saturated heterocycles. The van der Waals surface area contributed by atoms with Gasteiger partial charge in [0.1, 0.15) is 0 Å². The predicted octanol–water partition coefficient (Wildman–Crippen LogP) is 3.01. The van der Waals surface area contributed by atoms with Crippen LogP contribution in [-0.2, 0) is 28.6 Å². The van der Waals surface area contributed by atoms with E-state index in [-0.39, 0.29) is 11.5 Å². The molecule has 0 spiro atoms. The second-order valence-corrected chi connectivity index (χ2v) is 8.45. The molecular formula is C23H21FN2O7S. The highest BCUT2D eigenvalue weighted by Crippen LogP contribution is 2.35.